The van der Waals surface area contributed by atoms with E-state index in [0.717, 1.165) is 4.47 Å². The van der Waals surface area contributed by atoms with Gasteiger partial charge in [-0.05, 0) is 52.7 Å². The summed E-state index contributed by atoms with van der Waals surface area (Å²) in [4.78, 5) is 18.1. The number of aromatic nitrogens is 1. The fourth-order valence-electron chi connectivity index (χ4n) is 1.91. The van der Waals surface area contributed by atoms with Gasteiger partial charge in [-0.1, -0.05) is 12.1 Å². The van der Waals surface area contributed by atoms with Gasteiger partial charge in [-0.15, -0.1) is 0 Å². The van der Waals surface area contributed by atoms with Gasteiger partial charge in [0.15, 0.2) is 0 Å². The Balaban J connectivity index is 2.15. The number of pyridine rings is 1. The monoisotopic (exact) mass is 336 g/mol. The van der Waals surface area contributed by atoms with E-state index in [0.29, 0.717) is 17.9 Å². The Morgan fingerprint density at radius 3 is 2.75 bits per heavy atom. The first-order chi connectivity index (χ1) is 9.60. The van der Waals surface area contributed by atoms with Crippen molar-refractivity contribution in [1.29, 1.82) is 0 Å². The number of amides is 1. The van der Waals surface area contributed by atoms with Gasteiger partial charge in [-0.3, -0.25) is 9.69 Å². The van der Waals surface area contributed by atoms with E-state index in [-0.39, 0.29) is 18.1 Å². The lowest BCUT2D eigenvalue weighted by molar-refractivity contribution is -0.118. The van der Waals surface area contributed by atoms with Gasteiger partial charge in [0, 0.05) is 17.2 Å². The number of benzene rings is 1. The van der Waals surface area contributed by atoms with Gasteiger partial charge < -0.3 is 0 Å². The second-order valence-electron chi connectivity index (χ2n) is 4.28. The molecule has 3 nitrogen and oxygen atoms in total. The lowest BCUT2D eigenvalue weighted by Gasteiger charge is -2.20. The molecule has 0 fully saturated rings. The number of anilines is 1. The van der Waals surface area contributed by atoms with E-state index >= 15 is 0 Å². The first kappa shape index (κ1) is 14.7. The summed E-state index contributed by atoms with van der Waals surface area (Å²) >= 11 is 3.31. The summed E-state index contributed by atoms with van der Waals surface area (Å²) in [7, 11) is 0. The van der Waals surface area contributed by atoms with Gasteiger partial charge in [0.05, 0.1) is 6.42 Å². The molecule has 0 unspecified atom stereocenters. The summed E-state index contributed by atoms with van der Waals surface area (Å²) in [6.45, 7) is 2.40. The molecule has 1 heterocycles. The van der Waals surface area contributed by atoms with E-state index in [2.05, 4.69) is 20.9 Å². The average molecular weight is 337 g/mol. The van der Waals surface area contributed by atoms with Gasteiger partial charge in [-0.2, -0.15) is 0 Å². The molecule has 2 aromatic rings. The van der Waals surface area contributed by atoms with E-state index in [4.69, 9.17) is 0 Å². The van der Waals surface area contributed by atoms with E-state index in [1.165, 1.54) is 12.1 Å². The highest BCUT2D eigenvalue weighted by Gasteiger charge is 2.15. The number of carbonyl (C=O) groups excluding carboxylic acids is 1. The van der Waals surface area contributed by atoms with Crippen LogP contribution >= 0.6 is 15.9 Å². The fraction of sp³-hybridized carbons (Fsp3) is 0.200. The third-order valence-electron chi connectivity index (χ3n) is 2.85. The van der Waals surface area contributed by atoms with Crippen LogP contribution in [0.3, 0.4) is 0 Å². The second-order valence-corrected chi connectivity index (χ2v) is 5.19. The molecule has 5 heteroatoms. The highest BCUT2D eigenvalue weighted by molar-refractivity contribution is 9.10. The third-order valence-corrected chi connectivity index (χ3v) is 3.32. The summed E-state index contributed by atoms with van der Waals surface area (Å²) < 4.78 is 14.0. The van der Waals surface area contributed by atoms with Crippen LogP contribution in [-0.4, -0.2) is 17.4 Å². The van der Waals surface area contributed by atoms with Gasteiger partial charge in [0.1, 0.15) is 11.6 Å². The van der Waals surface area contributed by atoms with Crippen molar-refractivity contribution in [2.75, 3.05) is 11.4 Å². The number of carbonyl (C=O) groups is 1. The number of rotatable bonds is 4. The Hall–Kier alpha value is -1.75. The summed E-state index contributed by atoms with van der Waals surface area (Å²) in [5.41, 5.74) is 0.658. The average Bonchev–Trinajstić information content (AvgIpc) is 2.42. The molecule has 0 radical (unpaired) electrons. The van der Waals surface area contributed by atoms with E-state index < -0.39 is 0 Å². The largest absolute Gasteiger partial charge is 0.297 e. The van der Waals surface area contributed by atoms with Crippen LogP contribution in [0.25, 0.3) is 0 Å². The predicted molar refractivity (Wildman–Crippen MR) is 80.1 cm³/mol. The van der Waals surface area contributed by atoms with Crippen molar-refractivity contribution < 1.29 is 9.18 Å². The maximum absolute atomic E-state index is 13.1. The third kappa shape index (κ3) is 3.63. The zero-order valence-electron chi connectivity index (χ0n) is 11.0. The molecule has 0 atom stereocenters. The predicted octanol–water partition coefficient (Wildman–Crippen LogP) is 3.58. The molecule has 1 amide bonds. The Morgan fingerprint density at radius 2 is 2.15 bits per heavy atom. The smallest absolute Gasteiger partial charge is 0.232 e. The highest BCUT2D eigenvalue weighted by Crippen LogP contribution is 2.16. The molecule has 20 heavy (non-hydrogen) atoms. The number of hydrogen-bond donors (Lipinski definition) is 0. The van der Waals surface area contributed by atoms with Crippen LogP contribution in [-0.2, 0) is 11.2 Å². The first-order valence-electron chi connectivity index (χ1n) is 6.26. The van der Waals surface area contributed by atoms with Crippen molar-refractivity contribution in [2.24, 2.45) is 0 Å². The Kier molecular flexibility index (Phi) is 4.84. The highest BCUT2D eigenvalue weighted by atomic mass is 79.9. The van der Waals surface area contributed by atoms with Crippen molar-refractivity contribution in [1.82, 2.24) is 4.98 Å². The molecule has 1 aromatic heterocycles. The molecule has 0 aliphatic rings. The number of hydrogen-bond acceptors (Lipinski definition) is 2. The van der Waals surface area contributed by atoms with Gasteiger partial charge >= 0.3 is 0 Å². The molecule has 2 rings (SSSR count). The van der Waals surface area contributed by atoms with Crippen molar-refractivity contribution in [2.45, 2.75) is 13.3 Å². The van der Waals surface area contributed by atoms with E-state index in [1.54, 1.807) is 29.3 Å². The van der Waals surface area contributed by atoms with Crippen molar-refractivity contribution >= 4 is 27.7 Å². The lowest BCUT2D eigenvalue weighted by atomic mass is 10.1. The molecule has 0 saturated carbocycles. The Bertz CT molecular complexity index is 601. The van der Waals surface area contributed by atoms with E-state index in [1.807, 2.05) is 13.0 Å². The summed E-state index contributed by atoms with van der Waals surface area (Å²) in [5, 5.41) is 0. The minimum absolute atomic E-state index is 0.104. The number of halogens is 2. The minimum atomic E-state index is -0.333. The molecule has 0 aliphatic carbocycles. The molecule has 0 saturated heterocycles. The Labute approximate surface area is 125 Å². The lowest BCUT2D eigenvalue weighted by Crippen LogP contribution is -2.32. The summed E-state index contributed by atoms with van der Waals surface area (Å²) in [6, 6.07) is 9.69. The SMILES string of the molecule is CCN(C(=O)Cc1cccc(F)c1)c1ccc(Br)cn1. The Morgan fingerprint density at radius 1 is 1.35 bits per heavy atom. The zero-order chi connectivity index (χ0) is 14.5. The normalized spacial score (nSPS) is 10.3. The van der Waals surface area contributed by atoms with Crippen molar-refractivity contribution in [3.8, 4) is 0 Å². The molecule has 1 aromatic carbocycles. The maximum Gasteiger partial charge on any atom is 0.232 e. The quantitative estimate of drug-likeness (QED) is 0.854. The molecule has 0 aliphatic heterocycles. The maximum atomic E-state index is 13.1. The zero-order valence-corrected chi connectivity index (χ0v) is 12.6. The van der Waals surface area contributed by atoms with Gasteiger partial charge in [0.25, 0.3) is 0 Å². The van der Waals surface area contributed by atoms with Crippen LogP contribution in [0.2, 0.25) is 0 Å². The van der Waals surface area contributed by atoms with Crippen LogP contribution < -0.4 is 4.90 Å². The van der Waals surface area contributed by atoms with Crippen molar-refractivity contribution in [3.63, 3.8) is 0 Å². The molecular weight excluding hydrogens is 323 g/mol. The first-order valence-corrected chi connectivity index (χ1v) is 7.06. The second kappa shape index (κ2) is 6.61. The minimum Gasteiger partial charge on any atom is -0.297 e. The van der Waals surface area contributed by atoms with Gasteiger partial charge in [-0.25, -0.2) is 9.37 Å². The summed E-state index contributed by atoms with van der Waals surface area (Å²) in [6.07, 6.45) is 1.80. The molecule has 0 bridgehead atoms. The molecule has 104 valence electrons. The molecular formula is C15H14BrFN2O. The molecule has 0 spiro atoms. The van der Waals surface area contributed by atoms with Crippen LogP contribution in [0, 0.1) is 5.82 Å². The van der Waals surface area contributed by atoms with E-state index in [9.17, 15) is 9.18 Å². The fourth-order valence-corrected chi connectivity index (χ4v) is 2.15. The van der Waals surface area contributed by atoms with Crippen molar-refractivity contribution in [3.05, 3.63) is 58.4 Å². The number of likely N-dealkylation sites (N-methyl/N-ethyl adjacent to an activating group) is 1. The summed E-state index contributed by atoms with van der Waals surface area (Å²) in [5.74, 6) is 0.158. The number of nitrogens with zero attached hydrogens (tertiary/aromatic N) is 2. The van der Waals surface area contributed by atoms with Gasteiger partial charge in [0.2, 0.25) is 5.91 Å². The van der Waals surface area contributed by atoms with Crippen LogP contribution in [0.5, 0.6) is 0 Å². The van der Waals surface area contributed by atoms with Crippen LogP contribution in [0.15, 0.2) is 47.1 Å². The molecule has 0 N–H and O–H groups in total. The van der Waals surface area contributed by atoms with Crippen LogP contribution in [0.4, 0.5) is 10.2 Å². The standard InChI is InChI=1S/C15H14BrFN2O/c1-2-19(14-7-6-12(16)10-18-14)15(20)9-11-4-3-5-13(17)8-11/h3-8,10H,2,9H2,1H3. The topological polar surface area (TPSA) is 33.2 Å². The van der Waals surface area contributed by atoms with Crippen LogP contribution in [0.1, 0.15) is 12.5 Å².